The highest BCUT2D eigenvalue weighted by atomic mass is 35.5. The summed E-state index contributed by atoms with van der Waals surface area (Å²) >= 11 is 6.83. The van der Waals surface area contributed by atoms with Crippen molar-refractivity contribution < 1.29 is 18.7 Å². The molecule has 1 aliphatic rings. The summed E-state index contributed by atoms with van der Waals surface area (Å²) in [5.74, 6) is -0.0842. The van der Waals surface area contributed by atoms with Crippen molar-refractivity contribution in [3.8, 4) is 28.0 Å². The number of rotatable bonds is 9. The summed E-state index contributed by atoms with van der Waals surface area (Å²) in [4.78, 5) is 51.4. The zero-order chi connectivity index (χ0) is 33.3. The molecule has 1 heterocycles. The normalized spacial score (nSPS) is 14.6. The minimum absolute atomic E-state index is 0.205. The highest BCUT2D eigenvalue weighted by Gasteiger charge is 2.25. The van der Waals surface area contributed by atoms with Crippen molar-refractivity contribution in [1.29, 1.82) is 0 Å². The Kier molecular flexibility index (Phi) is 9.60. The van der Waals surface area contributed by atoms with Crippen LogP contribution in [0.3, 0.4) is 0 Å². The van der Waals surface area contributed by atoms with Gasteiger partial charge in [-0.1, -0.05) is 41.9 Å². The van der Waals surface area contributed by atoms with Gasteiger partial charge in [0.2, 0.25) is 0 Å². The molecule has 1 amide bonds. The molecular weight excluding hydrogens is 611 g/mol. The number of hydrogen-bond donors (Lipinski definition) is 1. The Morgan fingerprint density at radius 3 is 2.48 bits per heavy atom. The number of anilines is 1. The molecule has 1 fully saturated rings. The molecule has 1 atom stereocenters. The van der Waals surface area contributed by atoms with E-state index < -0.39 is 17.2 Å². The Bertz CT molecular complexity index is 1970. The summed E-state index contributed by atoms with van der Waals surface area (Å²) in [6.07, 6.45) is 3.25. The summed E-state index contributed by atoms with van der Waals surface area (Å²) in [6, 6.07) is 14.1. The standard InChI is InChI=1S/C35H36ClFN4O5/c1-20-24(22-15-29(37)27(31(16-22)46-5)18-39(2)17-21-12-13-23(42)14-21)8-6-9-25(20)26-10-7-11-30(32(26)36)38-33(43)28-19-40(3)35(45)41(4)34(28)44/h6-11,15-16,19,21H,12-14,17-18H2,1-5H3,(H,38,43)/t21-/m1/s1. The molecule has 0 spiro atoms. The second-order valence-electron chi connectivity index (χ2n) is 11.9. The van der Waals surface area contributed by atoms with E-state index in [1.54, 1.807) is 12.1 Å². The van der Waals surface area contributed by atoms with Gasteiger partial charge >= 0.3 is 5.69 Å². The third-order valence-electron chi connectivity index (χ3n) is 8.59. The number of ether oxygens (including phenoxy) is 1. The fraction of sp³-hybridized carbons (Fsp3) is 0.314. The SMILES string of the molecule is COc1cc(-c2cccc(-c3cccc(NC(=O)c4cn(C)c(=O)n(C)c4=O)c3Cl)c2C)cc(F)c1CN(C)C[C@@H]1CCC(=O)C1. The predicted octanol–water partition coefficient (Wildman–Crippen LogP) is 5.58. The second-order valence-corrected chi connectivity index (χ2v) is 12.3. The van der Waals surface area contributed by atoms with Gasteiger partial charge in [-0.2, -0.15) is 0 Å². The van der Waals surface area contributed by atoms with Gasteiger partial charge in [0.25, 0.3) is 11.5 Å². The first-order valence-corrected chi connectivity index (χ1v) is 15.3. The van der Waals surface area contributed by atoms with Gasteiger partial charge in [0.1, 0.15) is 22.9 Å². The minimum atomic E-state index is -0.720. The topological polar surface area (TPSA) is 103 Å². The van der Waals surface area contributed by atoms with E-state index in [0.29, 0.717) is 48.4 Å². The minimum Gasteiger partial charge on any atom is -0.496 e. The van der Waals surface area contributed by atoms with Crippen LogP contribution in [-0.4, -0.2) is 46.4 Å². The fourth-order valence-electron chi connectivity index (χ4n) is 6.16. The van der Waals surface area contributed by atoms with Crippen LogP contribution in [0.5, 0.6) is 5.75 Å². The average Bonchev–Trinajstić information content (AvgIpc) is 3.43. The largest absolute Gasteiger partial charge is 0.496 e. The molecule has 0 saturated heterocycles. The van der Waals surface area contributed by atoms with Crippen molar-refractivity contribution in [2.75, 3.05) is 26.0 Å². The van der Waals surface area contributed by atoms with E-state index in [2.05, 4.69) is 5.32 Å². The molecule has 0 aliphatic heterocycles. The van der Waals surface area contributed by atoms with Crippen LogP contribution in [-0.2, 0) is 25.4 Å². The number of carbonyl (C=O) groups is 2. The summed E-state index contributed by atoms with van der Waals surface area (Å²) in [5.41, 5.74) is 2.90. The van der Waals surface area contributed by atoms with E-state index in [-0.39, 0.29) is 33.8 Å². The van der Waals surface area contributed by atoms with Gasteiger partial charge in [-0.15, -0.1) is 0 Å². The Balaban J connectivity index is 1.44. The number of hydrogen-bond acceptors (Lipinski definition) is 6. The Morgan fingerprint density at radius 1 is 1.09 bits per heavy atom. The number of amides is 1. The van der Waals surface area contributed by atoms with Gasteiger partial charge in [-0.05, 0) is 66.8 Å². The molecule has 46 heavy (non-hydrogen) atoms. The zero-order valence-corrected chi connectivity index (χ0v) is 27.2. The third-order valence-corrected chi connectivity index (χ3v) is 9.00. The van der Waals surface area contributed by atoms with E-state index >= 15 is 4.39 Å². The van der Waals surface area contributed by atoms with Crippen molar-refractivity contribution in [2.24, 2.45) is 20.0 Å². The lowest BCUT2D eigenvalue weighted by Gasteiger charge is -2.22. The average molecular weight is 647 g/mol. The fourth-order valence-corrected chi connectivity index (χ4v) is 6.43. The quantitative estimate of drug-likeness (QED) is 0.255. The first kappa shape index (κ1) is 32.8. The molecule has 5 rings (SSSR count). The molecule has 0 bridgehead atoms. The van der Waals surface area contributed by atoms with E-state index in [1.165, 1.54) is 33.5 Å². The van der Waals surface area contributed by atoms with Crippen molar-refractivity contribution >= 4 is 29.0 Å². The van der Waals surface area contributed by atoms with E-state index in [9.17, 15) is 19.2 Å². The predicted molar refractivity (Wildman–Crippen MR) is 177 cm³/mol. The molecule has 9 nitrogen and oxygen atoms in total. The molecule has 11 heteroatoms. The number of methoxy groups -OCH3 is 1. The number of ketones is 1. The Labute approximate surface area is 271 Å². The van der Waals surface area contributed by atoms with E-state index in [0.717, 1.165) is 32.2 Å². The van der Waals surface area contributed by atoms with Gasteiger partial charge in [0, 0.05) is 57.4 Å². The maximum absolute atomic E-state index is 15.7. The molecule has 0 radical (unpaired) electrons. The van der Waals surface area contributed by atoms with Gasteiger partial charge in [-0.3, -0.25) is 19.0 Å². The van der Waals surface area contributed by atoms with Crippen LogP contribution in [0.15, 0.2) is 64.3 Å². The van der Waals surface area contributed by atoms with E-state index in [1.807, 2.05) is 49.2 Å². The Hall–Kier alpha value is -4.54. The maximum Gasteiger partial charge on any atom is 0.330 e. The number of carbonyl (C=O) groups excluding carboxylic acids is 2. The number of nitrogens with zero attached hydrogens (tertiary/aromatic N) is 3. The number of aromatic nitrogens is 2. The van der Waals surface area contributed by atoms with Crippen LogP contribution in [0.1, 0.15) is 40.7 Å². The zero-order valence-electron chi connectivity index (χ0n) is 26.4. The lowest BCUT2D eigenvalue weighted by molar-refractivity contribution is -0.117. The molecule has 1 aliphatic carbocycles. The van der Waals surface area contributed by atoms with Crippen LogP contribution >= 0.6 is 11.6 Å². The summed E-state index contributed by atoms with van der Waals surface area (Å²) in [7, 11) is 6.20. The molecule has 1 N–H and O–H groups in total. The number of benzene rings is 3. The lowest BCUT2D eigenvalue weighted by Crippen LogP contribution is -2.40. The van der Waals surface area contributed by atoms with Crippen molar-refractivity contribution in [3.63, 3.8) is 0 Å². The van der Waals surface area contributed by atoms with Gasteiger partial charge in [0.15, 0.2) is 0 Å². The smallest absolute Gasteiger partial charge is 0.330 e. The van der Waals surface area contributed by atoms with Crippen molar-refractivity contribution in [3.05, 3.63) is 103 Å². The molecule has 3 aromatic carbocycles. The number of nitrogens with one attached hydrogen (secondary N) is 1. The second kappa shape index (κ2) is 13.4. The van der Waals surface area contributed by atoms with Crippen LogP contribution in [0.2, 0.25) is 5.02 Å². The summed E-state index contributed by atoms with van der Waals surface area (Å²) in [6.45, 7) is 2.97. The molecule has 0 unspecified atom stereocenters. The molecule has 240 valence electrons. The highest BCUT2D eigenvalue weighted by molar-refractivity contribution is 6.36. The van der Waals surface area contributed by atoms with Crippen LogP contribution < -0.4 is 21.3 Å². The first-order chi connectivity index (χ1) is 21.9. The molecule has 1 saturated carbocycles. The molecular formula is C35H36ClFN4O5. The molecule has 1 aromatic heterocycles. The first-order valence-electron chi connectivity index (χ1n) is 14.9. The van der Waals surface area contributed by atoms with E-state index in [4.69, 9.17) is 16.3 Å². The van der Waals surface area contributed by atoms with Gasteiger partial charge in [-0.25, -0.2) is 9.18 Å². The van der Waals surface area contributed by atoms with Crippen LogP contribution in [0, 0.1) is 18.7 Å². The van der Waals surface area contributed by atoms with Crippen LogP contribution in [0.4, 0.5) is 10.1 Å². The molecule has 4 aromatic rings. The van der Waals surface area contributed by atoms with Gasteiger partial charge < -0.3 is 19.5 Å². The summed E-state index contributed by atoms with van der Waals surface area (Å²) in [5, 5.41) is 2.95. The van der Waals surface area contributed by atoms with Crippen molar-refractivity contribution in [1.82, 2.24) is 14.0 Å². The third kappa shape index (κ3) is 6.54. The number of Topliss-reactive ketones (excluding diaryl/α,β-unsaturated/α-hetero) is 1. The van der Waals surface area contributed by atoms with Gasteiger partial charge in [0.05, 0.1) is 17.8 Å². The highest BCUT2D eigenvalue weighted by Crippen LogP contribution is 2.40. The maximum atomic E-state index is 15.7. The Morgan fingerprint density at radius 2 is 1.78 bits per heavy atom. The van der Waals surface area contributed by atoms with Crippen LogP contribution in [0.25, 0.3) is 22.3 Å². The summed E-state index contributed by atoms with van der Waals surface area (Å²) < 4.78 is 23.4. The monoisotopic (exact) mass is 646 g/mol. The van der Waals surface area contributed by atoms with Crippen molar-refractivity contribution in [2.45, 2.75) is 32.7 Å². The number of aryl methyl sites for hydroxylation is 1. The lowest BCUT2D eigenvalue weighted by atomic mass is 9.91. The number of halogens is 2.